The van der Waals surface area contributed by atoms with E-state index in [4.69, 9.17) is 0 Å². The van der Waals surface area contributed by atoms with Crippen molar-refractivity contribution >= 4 is 60.1 Å². The molecule has 0 heterocycles. The molecule has 17 heteroatoms. The van der Waals surface area contributed by atoms with Crippen LogP contribution in [0.15, 0.2) is 68.6 Å². The molecule has 40 heavy (non-hydrogen) atoms. The molecule has 14 nitrogen and oxygen atoms in total. The summed E-state index contributed by atoms with van der Waals surface area (Å²) in [5.41, 5.74) is 4.92. The Morgan fingerprint density at radius 2 is 1.57 bits per heavy atom. The van der Waals surface area contributed by atoms with Crippen LogP contribution in [0.4, 0.5) is 17.1 Å². The molecule has 0 atom stereocenters. The fourth-order valence-corrected chi connectivity index (χ4v) is 4.88. The van der Waals surface area contributed by atoms with Crippen molar-refractivity contribution in [3.05, 3.63) is 48.5 Å². The summed E-state index contributed by atoms with van der Waals surface area (Å²) in [6.07, 6.45) is 0. The van der Waals surface area contributed by atoms with E-state index in [1.165, 1.54) is 38.4 Å². The Balaban J connectivity index is 0.00000191. The first-order valence-corrected chi connectivity index (χ1v) is 15.1. The van der Waals surface area contributed by atoms with Gasteiger partial charge in [0.15, 0.2) is 0 Å². The number of hydrogen-bond acceptors (Lipinski definition) is 15. The zero-order valence-corrected chi connectivity index (χ0v) is 25.1. The lowest BCUT2D eigenvalue weighted by molar-refractivity contribution is -0.447. The lowest BCUT2D eigenvalue weighted by Crippen LogP contribution is -2.03. The van der Waals surface area contributed by atoms with Crippen molar-refractivity contribution in [1.82, 2.24) is 0 Å². The smallest absolute Gasteiger partial charge is 0.298 e. The van der Waals surface area contributed by atoms with Gasteiger partial charge in [0.05, 0.1) is 55.2 Å². The topological polar surface area (TPSA) is 197 Å². The molecule has 0 saturated heterocycles. The van der Waals surface area contributed by atoms with E-state index in [0.29, 0.717) is 11.1 Å². The Morgan fingerprint density at radius 3 is 2.20 bits per heavy atom. The minimum Gasteiger partial charge on any atom is -0.507 e. The molecular weight excluding hydrogens is 588 g/mol. The molecule has 222 valence electrons. The Bertz CT molecular complexity index is 1480. The Morgan fingerprint density at radius 1 is 0.925 bits per heavy atom. The minimum absolute atomic E-state index is 0.0217. The molecule has 0 amide bonds. The van der Waals surface area contributed by atoms with Crippen LogP contribution >= 0.6 is 12.0 Å². The van der Waals surface area contributed by atoms with E-state index in [0.717, 1.165) is 32.3 Å². The molecule has 0 radical (unpaired) electrons. The molecule has 0 fully saturated rings. The number of nitrogens with zero attached hydrogens (tertiary/aromatic N) is 2. The summed E-state index contributed by atoms with van der Waals surface area (Å²) in [4.78, 5) is 3.83. The van der Waals surface area contributed by atoms with Crippen LogP contribution in [0.1, 0.15) is 13.8 Å². The van der Waals surface area contributed by atoms with E-state index in [2.05, 4.69) is 43.9 Å². The monoisotopic (exact) mass is 620 g/mol. The van der Waals surface area contributed by atoms with Gasteiger partial charge in [0.25, 0.3) is 20.2 Å². The van der Waals surface area contributed by atoms with Crippen LogP contribution in [0.25, 0.3) is 10.8 Å². The van der Waals surface area contributed by atoms with Crippen molar-refractivity contribution in [3.8, 4) is 5.75 Å². The Hall–Kier alpha value is -2.87. The van der Waals surface area contributed by atoms with E-state index >= 15 is 0 Å². The molecular formula is C23H32N4O10S3. The standard InChI is InChI=1S/C20H21N3O10S3.C2H6.CH5N/c1-29-32-33-34-12-21-16-9-8-13-10-14(35(25,26)30-2)11-17(24)19(13)20(16)23-22-15-6-4-5-7-18(15)36(27,28)31-3;2*1-2/h4-11,21,24H,12H2,1-3H3;1-2H3;2H2,1H3. The quantitative estimate of drug-likeness (QED) is 0.0477. The number of benzene rings is 3. The third kappa shape index (κ3) is 9.08. The fraction of sp³-hybridized carbons (Fsp3) is 0.304. The zero-order valence-electron chi connectivity index (χ0n) is 22.6. The molecule has 0 aromatic heterocycles. The molecule has 0 aliphatic rings. The lowest BCUT2D eigenvalue weighted by atomic mass is 10.1. The van der Waals surface area contributed by atoms with Gasteiger partial charge in [-0.2, -0.15) is 16.8 Å². The number of azo groups is 1. The first-order valence-electron chi connectivity index (χ1n) is 11.4. The SMILES string of the molecule is CC.CN.COOOSCNc1ccc2cc(S(=O)(=O)OC)cc(O)c2c1N=Nc1ccccc1S(=O)(=O)OC. The predicted octanol–water partition coefficient (Wildman–Crippen LogP) is 4.76. The number of hydrogen-bond donors (Lipinski definition) is 3. The number of fused-ring (bicyclic) bond motifs is 1. The van der Waals surface area contributed by atoms with E-state index in [1.807, 2.05) is 13.8 Å². The number of phenolic OH excluding ortho intramolecular Hbond substituents is 1. The number of nitrogens with two attached hydrogens (primary N) is 1. The third-order valence-electron chi connectivity index (χ3n) is 4.63. The molecule has 3 aromatic rings. The van der Waals surface area contributed by atoms with Crippen molar-refractivity contribution in [1.29, 1.82) is 0 Å². The number of anilines is 1. The van der Waals surface area contributed by atoms with Crippen LogP contribution in [0.2, 0.25) is 0 Å². The van der Waals surface area contributed by atoms with Gasteiger partial charge in [-0.05, 0) is 36.7 Å². The van der Waals surface area contributed by atoms with Gasteiger partial charge < -0.3 is 16.2 Å². The average Bonchev–Trinajstić information content (AvgIpc) is 2.98. The lowest BCUT2D eigenvalue weighted by Gasteiger charge is -2.13. The molecule has 0 saturated carbocycles. The second kappa shape index (κ2) is 17.1. The second-order valence-electron chi connectivity index (χ2n) is 6.65. The first-order chi connectivity index (χ1) is 19.1. The maximum atomic E-state index is 12.3. The van der Waals surface area contributed by atoms with Gasteiger partial charge in [0.1, 0.15) is 22.0 Å². The van der Waals surface area contributed by atoms with Crippen molar-refractivity contribution < 1.29 is 44.6 Å². The molecule has 0 unspecified atom stereocenters. The van der Waals surface area contributed by atoms with Gasteiger partial charge in [-0.1, -0.05) is 37.1 Å². The van der Waals surface area contributed by atoms with Crippen molar-refractivity contribution in [3.63, 3.8) is 0 Å². The maximum Gasteiger partial charge on any atom is 0.298 e. The summed E-state index contributed by atoms with van der Waals surface area (Å²) in [6.45, 7) is 4.00. The van der Waals surface area contributed by atoms with Gasteiger partial charge in [-0.3, -0.25) is 8.37 Å². The molecule has 3 rings (SSSR count). The van der Waals surface area contributed by atoms with Crippen LogP contribution in [0.3, 0.4) is 0 Å². The van der Waals surface area contributed by atoms with E-state index < -0.39 is 26.0 Å². The molecule has 4 N–H and O–H groups in total. The molecule has 0 aliphatic carbocycles. The van der Waals surface area contributed by atoms with Crippen LogP contribution in [0.5, 0.6) is 5.75 Å². The van der Waals surface area contributed by atoms with Gasteiger partial charge in [0.2, 0.25) is 0 Å². The van der Waals surface area contributed by atoms with Gasteiger partial charge in [0, 0.05) is 6.07 Å². The third-order valence-corrected chi connectivity index (χ3v) is 7.62. The summed E-state index contributed by atoms with van der Waals surface area (Å²) >= 11 is 0.838. The average molecular weight is 621 g/mol. The van der Waals surface area contributed by atoms with E-state index in [9.17, 15) is 21.9 Å². The molecule has 0 bridgehead atoms. The summed E-state index contributed by atoms with van der Waals surface area (Å²) < 4.78 is 62.6. The van der Waals surface area contributed by atoms with Gasteiger partial charge in [-0.15, -0.1) is 14.6 Å². The van der Waals surface area contributed by atoms with Gasteiger partial charge in [-0.25, -0.2) is 4.89 Å². The second-order valence-corrected chi connectivity index (χ2v) is 10.7. The first kappa shape index (κ1) is 35.2. The highest BCUT2D eigenvalue weighted by Gasteiger charge is 2.21. The van der Waals surface area contributed by atoms with Crippen molar-refractivity contribution in [2.75, 3.05) is 39.6 Å². The van der Waals surface area contributed by atoms with Crippen LogP contribution < -0.4 is 11.1 Å². The highest BCUT2D eigenvalue weighted by molar-refractivity contribution is 7.94. The summed E-state index contributed by atoms with van der Waals surface area (Å²) in [7, 11) is -3.40. The molecule has 3 aromatic carbocycles. The van der Waals surface area contributed by atoms with Crippen LogP contribution in [-0.2, 0) is 42.9 Å². The Labute approximate surface area is 237 Å². The van der Waals surface area contributed by atoms with Crippen molar-refractivity contribution in [2.24, 2.45) is 16.0 Å². The van der Waals surface area contributed by atoms with E-state index in [1.54, 1.807) is 18.2 Å². The fourth-order valence-electron chi connectivity index (χ4n) is 3.01. The summed E-state index contributed by atoms with van der Waals surface area (Å²) in [6, 6.07) is 11.2. The van der Waals surface area contributed by atoms with Crippen LogP contribution in [-0.4, -0.2) is 56.2 Å². The number of aromatic hydroxyl groups is 1. The maximum absolute atomic E-state index is 12.3. The number of phenols is 1. The largest absolute Gasteiger partial charge is 0.507 e. The highest BCUT2D eigenvalue weighted by atomic mass is 32.2. The zero-order chi connectivity index (χ0) is 30.3. The van der Waals surface area contributed by atoms with E-state index in [-0.39, 0.29) is 32.4 Å². The van der Waals surface area contributed by atoms with Gasteiger partial charge >= 0.3 is 0 Å². The molecule has 0 aliphatic heterocycles. The summed E-state index contributed by atoms with van der Waals surface area (Å²) in [5.74, 6) is -0.298. The number of rotatable bonds is 12. The molecule has 0 spiro atoms. The number of nitrogens with one attached hydrogen (secondary N) is 1. The Kier molecular flexibility index (Phi) is 15.0. The highest BCUT2D eigenvalue weighted by Crippen LogP contribution is 2.42. The normalized spacial score (nSPS) is 11.5. The predicted molar refractivity (Wildman–Crippen MR) is 151 cm³/mol. The summed E-state index contributed by atoms with van der Waals surface area (Å²) in [5, 5.41) is 26.8. The van der Waals surface area contributed by atoms with Crippen LogP contribution in [0, 0.1) is 0 Å². The van der Waals surface area contributed by atoms with Crippen molar-refractivity contribution in [2.45, 2.75) is 23.6 Å². The minimum atomic E-state index is -4.09.